The van der Waals surface area contributed by atoms with Crippen molar-refractivity contribution in [1.82, 2.24) is 5.32 Å². The van der Waals surface area contributed by atoms with Crippen LogP contribution in [0.15, 0.2) is 58.3 Å². The van der Waals surface area contributed by atoms with Gasteiger partial charge in [0.1, 0.15) is 0 Å². The number of hydrogen-bond acceptors (Lipinski definition) is 5. The zero-order valence-corrected chi connectivity index (χ0v) is 17.8. The van der Waals surface area contributed by atoms with Gasteiger partial charge >= 0.3 is 0 Å². The van der Waals surface area contributed by atoms with Crippen LogP contribution in [0, 0.1) is 5.92 Å². The number of carbonyl (C=O) groups is 2. The van der Waals surface area contributed by atoms with Crippen LogP contribution in [0.25, 0.3) is 0 Å². The summed E-state index contributed by atoms with van der Waals surface area (Å²) in [5.41, 5.74) is 1.62. The number of thioether (sulfide) groups is 1. The highest BCUT2D eigenvalue weighted by Crippen LogP contribution is 2.34. The second-order valence-electron chi connectivity index (χ2n) is 7.01. The van der Waals surface area contributed by atoms with Gasteiger partial charge in [-0.05, 0) is 30.2 Å². The van der Waals surface area contributed by atoms with E-state index in [1.807, 2.05) is 37.3 Å². The minimum atomic E-state index is -3.63. The van der Waals surface area contributed by atoms with Crippen LogP contribution in [0.1, 0.15) is 18.9 Å². The molecule has 0 saturated carbocycles. The third-order valence-electron chi connectivity index (χ3n) is 4.68. The summed E-state index contributed by atoms with van der Waals surface area (Å²) in [6.45, 7) is 2.30. The Kier molecular flexibility index (Phi) is 6.97. The van der Waals surface area contributed by atoms with Crippen molar-refractivity contribution in [3.63, 3.8) is 0 Å². The first kappa shape index (κ1) is 21.4. The predicted octanol–water partition coefficient (Wildman–Crippen LogP) is 2.89. The molecule has 29 heavy (non-hydrogen) atoms. The third-order valence-corrected chi connectivity index (χ3v) is 7.73. The fourth-order valence-electron chi connectivity index (χ4n) is 2.90. The molecule has 0 unspecified atom stereocenters. The van der Waals surface area contributed by atoms with E-state index in [0.29, 0.717) is 24.4 Å². The molecule has 2 amide bonds. The highest BCUT2D eigenvalue weighted by atomic mass is 32.2. The van der Waals surface area contributed by atoms with Gasteiger partial charge < -0.3 is 10.6 Å². The molecule has 6 nitrogen and oxygen atoms in total. The first-order valence-electron chi connectivity index (χ1n) is 9.46. The van der Waals surface area contributed by atoms with E-state index in [-0.39, 0.29) is 34.8 Å². The van der Waals surface area contributed by atoms with Crippen molar-refractivity contribution in [1.29, 1.82) is 0 Å². The highest BCUT2D eigenvalue weighted by Gasteiger charge is 2.23. The Morgan fingerprint density at radius 2 is 1.97 bits per heavy atom. The number of amides is 2. The van der Waals surface area contributed by atoms with Crippen LogP contribution in [0.2, 0.25) is 0 Å². The lowest BCUT2D eigenvalue weighted by atomic mass is 10.1. The normalized spacial score (nSPS) is 16.4. The lowest BCUT2D eigenvalue weighted by Gasteiger charge is -2.10. The lowest BCUT2D eigenvalue weighted by molar-refractivity contribution is -0.120. The van der Waals surface area contributed by atoms with Crippen molar-refractivity contribution in [2.24, 2.45) is 5.92 Å². The molecule has 2 aromatic rings. The molecule has 8 heteroatoms. The topological polar surface area (TPSA) is 92.3 Å². The zero-order chi connectivity index (χ0) is 20.9. The Morgan fingerprint density at radius 3 is 2.72 bits per heavy atom. The van der Waals surface area contributed by atoms with Crippen molar-refractivity contribution in [3.05, 3.63) is 54.1 Å². The molecule has 1 heterocycles. The maximum atomic E-state index is 12.6. The number of rotatable bonds is 7. The van der Waals surface area contributed by atoms with Crippen LogP contribution in [-0.2, 0) is 25.8 Å². The van der Waals surface area contributed by atoms with Crippen LogP contribution in [0.4, 0.5) is 5.69 Å². The summed E-state index contributed by atoms with van der Waals surface area (Å²) < 4.78 is 25.3. The first-order valence-corrected chi connectivity index (χ1v) is 12.1. The molecular formula is C21H24N2O4S2. The van der Waals surface area contributed by atoms with E-state index >= 15 is 0 Å². The summed E-state index contributed by atoms with van der Waals surface area (Å²) in [7, 11) is -3.63. The molecule has 2 N–H and O–H groups in total. The molecule has 154 valence electrons. The molecule has 0 radical (unpaired) electrons. The molecular weight excluding hydrogens is 408 g/mol. The number of carbonyl (C=O) groups excluding carboxylic acids is 2. The quantitative estimate of drug-likeness (QED) is 0.702. The molecule has 0 aliphatic carbocycles. The Labute approximate surface area is 175 Å². The van der Waals surface area contributed by atoms with Gasteiger partial charge in [0.05, 0.1) is 16.3 Å². The second-order valence-corrected chi connectivity index (χ2v) is 10.2. The molecule has 0 aromatic heterocycles. The molecule has 1 atom stereocenters. The molecule has 2 aromatic carbocycles. The molecule has 1 aliphatic heterocycles. The van der Waals surface area contributed by atoms with Crippen molar-refractivity contribution in [2.45, 2.75) is 29.6 Å². The van der Waals surface area contributed by atoms with Gasteiger partial charge in [-0.1, -0.05) is 37.3 Å². The number of fused-ring (bicyclic) bond motifs is 1. The molecule has 0 fully saturated rings. The third kappa shape index (κ3) is 5.83. The van der Waals surface area contributed by atoms with E-state index in [2.05, 4.69) is 10.6 Å². The largest absolute Gasteiger partial charge is 0.356 e. The van der Waals surface area contributed by atoms with Crippen molar-refractivity contribution in [3.8, 4) is 0 Å². The Hall–Kier alpha value is -2.32. The van der Waals surface area contributed by atoms with Crippen LogP contribution < -0.4 is 10.6 Å². The summed E-state index contributed by atoms with van der Waals surface area (Å²) in [5.74, 6) is -0.193. The average molecular weight is 433 g/mol. The summed E-state index contributed by atoms with van der Waals surface area (Å²) in [5, 5.41) is 5.55. The minimum Gasteiger partial charge on any atom is -0.356 e. The molecule has 0 bridgehead atoms. The highest BCUT2D eigenvalue weighted by molar-refractivity contribution is 7.99. The number of hydrogen-bond donors (Lipinski definition) is 2. The molecule has 0 spiro atoms. The Balaban J connectivity index is 1.56. The number of benzene rings is 2. The van der Waals surface area contributed by atoms with Gasteiger partial charge in [-0.2, -0.15) is 0 Å². The Morgan fingerprint density at radius 1 is 1.21 bits per heavy atom. The van der Waals surface area contributed by atoms with Gasteiger partial charge in [0.2, 0.25) is 11.8 Å². The van der Waals surface area contributed by atoms with E-state index in [9.17, 15) is 18.0 Å². The average Bonchev–Trinajstić information content (AvgIpc) is 2.85. The van der Waals surface area contributed by atoms with E-state index < -0.39 is 9.84 Å². The van der Waals surface area contributed by atoms with Gasteiger partial charge in [-0.15, -0.1) is 11.8 Å². The summed E-state index contributed by atoms with van der Waals surface area (Å²) in [6, 6.07) is 14.5. The van der Waals surface area contributed by atoms with Crippen molar-refractivity contribution in [2.75, 3.05) is 23.4 Å². The maximum Gasteiger partial charge on any atom is 0.228 e. The van der Waals surface area contributed by atoms with Gasteiger partial charge in [0, 0.05) is 29.5 Å². The van der Waals surface area contributed by atoms with Gasteiger partial charge in [-0.3, -0.25) is 9.59 Å². The maximum absolute atomic E-state index is 12.6. The molecule has 1 aliphatic rings. The summed E-state index contributed by atoms with van der Waals surface area (Å²) >= 11 is 1.52. The monoisotopic (exact) mass is 432 g/mol. The second kappa shape index (κ2) is 9.45. The van der Waals surface area contributed by atoms with E-state index in [4.69, 9.17) is 0 Å². The van der Waals surface area contributed by atoms with Gasteiger partial charge in [0.25, 0.3) is 0 Å². The molecule has 3 rings (SSSR count). The lowest BCUT2D eigenvalue weighted by Crippen LogP contribution is -2.27. The van der Waals surface area contributed by atoms with Crippen LogP contribution in [-0.4, -0.2) is 38.3 Å². The van der Waals surface area contributed by atoms with Crippen LogP contribution in [0.3, 0.4) is 0 Å². The minimum absolute atomic E-state index is 0.105. The van der Waals surface area contributed by atoms with Crippen molar-refractivity contribution >= 4 is 39.1 Å². The van der Waals surface area contributed by atoms with Gasteiger partial charge in [0.15, 0.2) is 9.84 Å². The zero-order valence-electron chi connectivity index (χ0n) is 16.2. The number of sulfone groups is 1. The predicted molar refractivity (Wildman–Crippen MR) is 115 cm³/mol. The van der Waals surface area contributed by atoms with Crippen molar-refractivity contribution < 1.29 is 18.0 Å². The van der Waals surface area contributed by atoms with E-state index in [1.165, 1.54) is 23.9 Å². The number of nitrogens with one attached hydrogen (secondary N) is 2. The molecule has 0 saturated heterocycles. The fourth-order valence-corrected chi connectivity index (χ4v) is 5.17. The van der Waals surface area contributed by atoms with Crippen LogP contribution in [0.5, 0.6) is 0 Å². The SMILES string of the molecule is C[C@@H]1CSc2ccc(S(=O)(=O)CCC(=O)NCCc3ccccc3)cc2NC1=O. The van der Waals surface area contributed by atoms with E-state index in [1.54, 1.807) is 6.07 Å². The number of anilines is 1. The van der Waals surface area contributed by atoms with E-state index in [0.717, 1.165) is 10.5 Å². The smallest absolute Gasteiger partial charge is 0.228 e. The van der Waals surface area contributed by atoms with Gasteiger partial charge in [-0.25, -0.2) is 8.42 Å². The Bertz CT molecular complexity index is 991. The van der Waals surface area contributed by atoms with Crippen LogP contribution >= 0.6 is 11.8 Å². The standard InChI is InChI=1S/C21H24N2O4S2/c1-15-14-28-19-8-7-17(13-18(19)23-21(15)25)29(26,27)12-10-20(24)22-11-9-16-5-3-2-4-6-16/h2-8,13,15H,9-12,14H2,1H3,(H,22,24)(H,23,25)/t15-/m1/s1. The fraction of sp³-hybridized carbons (Fsp3) is 0.333. The summed E-state index contributed by atoms with van der Waals surface area (Å²) in [6.07, 6.45) is 0.590. The first-order chi connectivity index (χ1) is 13.8. The summed E-state index contributed by atoms with van der Waals surface area (Å²) in [4.78, 5) is 25.0.